The first kappa shape index (κ1) is 12.0. The molecule has 0 bridgehead atoms. The van der Waals surface area contributed by atoms with Crippen molar-refractivity contribution in [2.45, 2.75) is 59.9 Å². The predicted octanol–water partition coefficient (Wildman–Crippen LogP) is 3.19. The summed E-state index contributed by atoms with van der Waals surface area (Å²) in [6.07, 6.45) is 3.59. The average Bonchev–Trinajstić information content (AvgIpc) is 2.06. The summed E-state index contributed by atoms with van der Waals surface area (Å²) in [7, 11) is 0. The van der Waals surface area contributed by atoms with Crippen LogP contribution in [0.5, 0.6) is 0 Å². The standard InChI is InChI=1S/C11H25N/c1-6-9(7-2)10(12)11(4,5)8-3/h9-10H,6-8,12H2,1-5H3. The van der Waals surface area contributed by atoms with Crippen molar-refractivity contribution in [3.05, 3.63) is 0 Å². The molecule has 1 atom stereocenters. The fourth-order valence-corrected chi connectivity index (χ4v) is 1.67. The predicted molar refractivity (Wildman–Crippen MR) is 56.1 cm³/mol. The summed E-state index contributed by atoms with van der Waals surface area (Å²) in [5.41, 5.74) is 6.53. The quantitative estimate of drug-likeness (QED) is 0.675. The van der Waals surface area contributed by atoms with Crippen LogP contribution in [-0.2, 0) is 0 Å². The number of hydrogen-bond donors (Lipinski definition) is 1. The Balaban J connectivity index is 4.23. The largest absolute Gasteiger partial charge is 0.327 e. The molecule has 74 valence electrons. The minimum atomic E-state index is 0.302. The molecule has 1 unspecified atom stereocenters. The van der Waals surface area contributed by atoms with Crippen LogP contribution in [0.3, 0.4) is 0 Å². The summed E-state index contributed by atoms with van der Waals surface area (Å²) < 4.78 is 0. The number of hydrogen-bond acceptors (Lipinski definition) is 1. The first-order valence-corrected chi connectivity index (χ1v) is 5.25. The summed E-state index contributed by atoms with van der Waals surface area (Å²) >= 11 is 0. The third-order valence-electron chi connectivity index (χ3n) is 3.37. The Bertz CT molecular complexity index is 114. The average molecular weight is 171 g/mol. The Morgan fingerprint density at radius 3 is 1.75 bits per heavy atom. The first-order chi connectivity index (χ1) is 5.49. The van der Waals surface area contributed by atoms with Gasteiger partial charge in [0.2, 0.25) is 0 Å². The molecule has 2 N–H and O–H groups in total. The van der Waals surface area contributed by atoms with Gasteiger partial charge in [0.15, 0.2) is 0 Å². The van der Waals surface area contributed by atoms with Crippen molar-refractivity contribution in [1.29, 1.82) is 0 Å². The molecule has 0 radical (unpaired) electrons. The van der Waals surface area contributed by atoms with Gasteiger partial charge >= 0.3 is 0 Å². The van der Waals surface area contributed by atoms with Gasteiger partial charge in [-0.3, -0.25) is 0 Å². The van der Waals surface area contributed by atoms with Gasteiger partial charge in [-0.25, -0.2) is 0 Å². The maximum absolute atomic E-state index is 6.23. The Morgan fingerprint density at radius 2 is 1.50 bits per heavy atom. The summed E-state index contributed by atoms with van der Waals surface area (Å²) in [5, 5.41) is 0. The molecule has 0 aromatic rings. The van der Waals surface area contributed by atoms with E-state index in [9.17, 15) is 0 Å². The molecule has 0 aliphatic carbocycles. The summed E-state index contributed by atoms with van der Waals surface area (Å²) in [6, 6.07) is 0.359. The van der Waals surface area contributed by atoms with Crippen molar-refractivity contribution in [3.8, 4) is 0 Å². The van der Waals surface area contributed by atoms with Crippen LogP contribution in [0.15, 0.2) is 0 Å². The SMILES string of the molecule is CCC(CC)C(N)C(C)(C)CC. The van der Waals surface area contributed by atoms with Crippen LogP contribution in [0.25, 0.3) is 0 Å². The Labute approximate surface area is 77.7 Å². The van der Waals surface area contributed by atoms with E-state index in [0.29, 0.717) is 17.4 Å². The van der Waals surface area contributed by atoms with E-state index in [4.69, 9.17) is 5.73 Å². The van der Waals surface area contributed by atoms with Gasteiger partial charge in [-0.2, -0.15) is 0 Å². The molecule has 0 fully saturated rings. The highest BCUT2D eigenvalue weighted by molar-refractivity contribution is 4.84. The van der Waals surface area contributed by atoms with E-state index in [0.717, 1.165) is 0 Å². The molecule has 0 aliphatic rings. The van der Waals surface area contributed by atoms with Crippen LogP contribution >= 0.6 is 0 Å². The highest BCUT2D eigenvalue weighted by atomic mass is 14.7. The van der Waals surface area contributed by atoms with Gasteiger partial charge in [0, 0.05) is 6.04 Å². The molecular weight excluding hydrogens is 146 g/mol. The van der Waals surface area contributed by atoms with Gasteiger partial charge in [0.05, 0.1) is 0 Å². The van der Waals surface area contributed by atoms with E-state index in [-0.39, 0.29) is 0 Å². The zero-order valence-electron chi connectivity index (χ0n) is 9.35. The third-order valence-corrected chi connectivity index (χ3v) is 3.37. The second-order valence-electron chi connectivity index (χ2n) is 4.44. The van der Waals surface area contributed by atoms with Gasteiger partial charge in [0.1, 0.15) is 0 Å². The smallest absolute Gasteiger partial charge is 0.0118 e. The molecule has 0 heterocycles. The molecule has 12 heavy (non-hydrogen) atoms. The second kappa shape index (κ2) is 4.86. The molecule has 0 saturated carbocycles. The van der Waals surface area contributed by atoms with Gasteiger partial charge in [-0.1, -0.05) is 47.5 Å². The maximum atomic E-state index is 6.23. The lowest BCUT2D eigenvalue weighted by atomic mass is 9.74. The Morgan fingerprint density at radius 1 is 1.08 bits per heavy atom. The fourth-order valence-electron chi connectivity index (χ4n) is 1.67. The Kier molecular flexibility index (Phi) is 4.84. The van der Waals surface area contributed by atoms with Gasteiger partial charge < -0.3 is 5.73 Å². The van der Waals surface area contributed by atoms with Crippen LogP contribution in [-0.4, -0.2) is 6.04 Å². The molecule has 0 amide bonds. The molecule has 1 nitrogen and oxygen atoms in total. The van der Waals surface area contributed by atoms with Crippen molar-refractivity contribution in [3.63, 3.8) is 0 Å². The van der Waals surface area contributed by atoms with Gasteiger partial charge in [-0.05, 0) is 17.8 Å². The van der Waals surface area contributed by atoms with Crippen LogP contribution in [0, 0.1) is 11.3 Å². The van der Waals surface area contributed by atoms with Crippen molar-refractivity contribution in [2.24, 2.45) is 17.1 Å². The van der Waals surface area contributed by atoms with E-state index in [1.807, 2.05) is 0 Å². The maximum Gasteiger partial charge on any atom is 0.0118 e. The van der Waals surface area contributed by atoms with E-state index in [2.05, 4.69) is 34.6 Å². The molecule has 0 saturated heterocycles. The first-order valence-electron chi connectivity index (χ1n) is 5.25. The molecular formula is C11H25N. The minimum Gasteiger partial charge on any atom is -0.327 e. The zero-order chi connectivity index (χ0) is 9.78. The molecule has 0 aromatic heterocycles. The lowest BCUT2D eigenvalue weighted by molar-refractivity contribution is 0.197. The van der Waals surface area contributed by atoms with E-state index in [1.54, 1.807) is 0 Å². The lowest BCUT2D eigenvalue weighted by Crippen LogP contribution is -2.42. The second-order valence-corrected chi connectivity index (χ2v) is 4.44. The molecule has 1 heteroatoms. The van der Waals surface area contributed by atoms with E-state index in [1.165, 1.54) is 19.3 Å². The number of rotatable bonds is 5. The lowest BCUT2D eigenvalue weighted by Gasteiger charge is -2.35. The van der Waals surface area contributed by atoms with Crippen LogP contribution in [0.2, 0.25) is 0 Å². The van der Waals surface area contributed by atoms with Crippen LogP contribution < -0.4 is 5.73 Å². The summed E-state index contributed by atoms with van der Waals surface area (Å²) in [6.45, 7) is 11.2. The highest BCUT2D eigenvalue weighted by Crippen LogP contribution is 2.30. The number of nitrogens with two attached hydrogens (primary N) is 1. The molecule has 0 spiro atoms. The highest BCUT2D eigenvalue weighted by Gasteiger charge is 2.29. The van der Waals surface area contributed by atoms with Crippen LogP contribution in [0.1, 0.15) is 53.9 Å². The fraction of sp³-hybridized carbons (Fsp3) is 1.00. The summed E-state index contributed by atoms with van der Waals surface area (Å²) in [4.78, 5) is 0. The van der Waals surface area contributed by atoms with Gasteiger partial charge in [-0.15, -0.1) is 0 Å². The molecule has 0 aromatic carbocycles. The molecule has 0 aliphatic heterocycles. The molecule has 0 rings (SSSR count). The van der Waals surface area contributed by atoms with Gasteiger partial charge in [0.25, 0.3) is 0 Å². The van der Waals surface area contributed by atoms with Crippen molar-refractivity contribution in [2.75, 3.05) is 0 Å². The van der Waals surface area contributed by atoms with E-state index < -0.39 is 0 Å². The van der Waals surface area contributed by atoms with Crippen molar-refractivity contribution < 1.29 is 0 Å². The topological polar surface area (TPSA) is 26.0 Å². The third kappa shape index (κ3) is 2.78. The normalized spacial score (nSPS) is 15.2. The monoisotopic (exact) mass is 171 g/mol. The zero-order valence-corrected chi connectivity index (χ0v) is 9.35. The van der Waals surface area contributed by atoms with Crippen LogP contribution in [0.4, 0.5) is 0 Å². The van der Waals surface area contributed by atoms with Crippen molar-refractivity contribution in [1.82, 2.24) is 0 Å². The van der Waals surface area contributed by atoms with E-state index >= 15 is 0 Å². The Hall–Kier alpha value is -0.0400. The summed E-state index contributed by atoms with van der Waals surface area (Å²) in [5.74, 6) is 0.694. The van der Waals surface area contributed by atoms with Crippen molar-refractivity contribution >= 4 is 0 Å². The minimum absolute atomic E-state index is 0.302.